The highest BCUT2D eigenvalue weighted by molar-refractivity contribution is 8.00. The zero-order valence-corrected chi connectivity index (χ0v) is 20.8. The molecule has 3 aromatic carbocycles. The number of benzene rings is 3. The number of halogens is 1. The van der Waals surface area contributed by atoms with Crippen molar-refractivity contribution in [2.75, 3.05) is 24.2 Å². The van der Waals surface area contributed by atoms with Crippen LogP contribution in [0.1, 0.15) is 44.1 Å². The molecular formula is C27H25ClN2O4S. The molecular weight excluding hydrogens is 484 g/mol. The topological polar surface area (TPSA) is 75.7 Å². The van der Waals surface area contributed by atoms with E-state index < -0.39 is 5.97 Å². The van der Waals surface area contributed by atoms with Gasteiger partial charge in [0.05, 0.1) is 28.6 Å². The quantitative estimate of drug-likeness (QED) is 0.402. The molecule has 1 N–H and O–H groups in total. The molecule has 1 heterocycles. The summed E-state index contributed by atoms with van der Waals surface area (Å²) in [6.07, 6.45) is 0.792. The van der Waals surface area contributed by atoms with Crippen LogP contribution in [-0.4, -0.2) is 41.6 Å². The van der Waals surface area contributed by atoms with Crippen LogP contribution in [0.5, 0.6) is 0 Å². The fourth-order valence-corrected chi connectivity index (χ4v) is 5.26. The van der Waals surface area contributed by atoms with Gasteiger partial charge < -0.3 is 15.0 Å². The minimum Gasteiger partial charge on any atom is -0.462 e. The van der Waals surface area contributed by atoms with Gasteiger partial charge in [-0.1, -0.05) is 54.1 Å². The summed E-state index contributed by atoms with van der Waals surface area (Å²) < 4.78 is 4.97. The van der Waals surface area contributed by atoms with Gasteiger partial charge in [-0.2, -0.15) is 0 Å². The first kappa shape index (κ1) is 24.8. The number of rotatable bonds is 8. The highest BCUT2D eigenvalue weighted by Gasteiger charge is 2.32. The number of hydrogen-bond donors (Lipinski definition) is 1. The van der Waals surface area contributed by atoms with Crippen LogP contribution >= 0.6 is 23.4 Å². The molecule has 0 bridgehead atoms. The second-order valence-electron chi connectivity index (χ2n) is 7.98. The lowest BCUT2D eigenvalue weighted by atomic mass is 10.1. The molecule has 1 fully saturated rings. The Morgan fingerprint density at radius 1 is 1.06 bits per heavy atom. The Kier molecular flexibility index (Phi) is 8.10. The first-order valence-corrected chi connectivity index (χ1v) is 12.7. The van der Waals surface area contributed by atoms with Gasteiger partial charge in [0.1, 0.15) is 5.37 Å². The van der Waals surface area contributed by atoms with Crippen LogP contribution in [0.4, 0.5) is 5.69 Å². The molecule has 1 aliphatic rings. The van der Waals surface area contributed by atoms with Crippen LogP contribution in [0.15, 0.2) is 72.8 Å². The second-order valence-corrected chi connectivity index (χ2v) is 9.45. The van der Waals surface area contributed by atoms with Gasteiger partial charge in [-0.25, -0.2) is 4.79 Å². The molecule has 35 heavy (non-hydrogen) atoms. The highest BCUT2D eigenvalue weighted by Crippen LogP contribution is 2.38. The van der Waals surface area contributed by atoms with E-state index in [4.69, 9.17) is 16.3 Å². The van der Waals surface area contributed by atoms with Crippen molar-refractivity contribution in [3.8, 4) is 0 Å². The summed E-state index contributed by atoms with van der Waals surface area (Å²) in [5.74, 6) is -0.219. The van der Waals surface area contributed by atoms with Gasteiger partial charge in [0.25, 0.3) is 5.91 Å². The monoisotopic (exact) mass is 508 g/mol. The number of hydrogen-bond acceptors (Lipinski definition) is 5. The average Bonchev–Trinajstić information content (AvgIpc) is 3.24. The molecule has 0 saturated carbocycles. The molecule has 4 rings (SSSR count). The van der Waals surface area contributed by atoms with Crippen LogP contribution in [0, 0.1) is 0 Å². The predicted octanol–water partition coefficient (Wildman–Crippen LogP) is 5.59. The van der Waals surface area contributed by atoms with E-state index >= 15 is 0 Å². The van der Waals surface area contributed by atoms with E-state index in [2.05, 4.69) is 17.4 Å². The summed E-state index contributed by atoms with van der Waals surface area (Å²) in [6, 6.07) is 21.9. The van der Waals surface area contributed by atoms with Crippen LogP contribution in [0.2, 0.25) is 5.02 Å². The molecule has 1 saturated heterocycles. The number of carbonyl (C=O) groups is 3. The largest absolute Gasteiger partial charge is 0.462 e. The third-order valence-electron chi connectivity index (χ3n) is 5.64. The first-order chi connectivity index (χ1) is 17.0. The lowest BCUT2D eigenvalue weighted by Crippen LogP contribution is -2.30. The minimum absolute atomic E-state index is 0.0758. The molecule has 0 unspecified atom stereocenters. The Bertz CT molecular complexity index is 1220. The fourth-order valence-electron chi connectivity index (χ4n) is 3.82. The van der Waals surface area contributed by atoms with E-state index in [-0.39, 0.29) is 28.8 Å². The highest BCUT2D eigenvalue weighted by atomic mass is 35.5. The molecule has 2 amide bonds. The Morgan fingerprint density at radius 2 is 1.77 bits per heavy atom. The van der Waals surface area contributed by atoms with Crippen LogP contribution < -0.4 is 5.32 Å². The third kappa shape index (κ3) is 6.05. The van der Waals surface area contributed by atoms with Crippen molar-refractivity contribution in [1.82, 2.24) is 4.90 Å². The average molecular weight is 509 g/mol. The normalized spacial score (nSPS) is 15.2. The predicted molar refractivity (Wildman–Crippen MR) is 139 cm³/mol. The van der Waals surface area contributed by atoms with Crippen LogP contribution in [-0.2, 0) is 16.0 Å². The number of nitrogens with zero attached hydrogens (tertiary/aromatic N) is 1. The van der Waals surface area contributed by atoms with Gasteiger partial charge in [-0.05, 0) is 54.8 Å². The van der Waals surface area contributed by atoms with Crippen molar-refractivity contribution < 1.29 is 19.1 Å². The SMILES string of the molecule is CCOC(=O)c1ccc(NC(=O)c2ccc([C@@H]3SCC(=O)N3CCc3ccccc3)cc2)c(Cl)c1. The number of amides is 2. The van der Waals surface area contributed by atoms with Crippen molar-refractivity contribution >= 4 is 46.8 Å². The fraction of sp³-hybridized carbons (Fsp3) is 0.222. The Labute approximate surface area is 213 Å². The third-order valence-corrected chi connectivity index (χ3v) is 7.21. The van der Waals surface area contributed by atoms with E-state index in [1.165, 1.54) is 11.6 Å². The maximum absolute atomic E-state index is 12.8. The molecule has 1 aliphatic heterocycles. The molecule has 0 aliphatic carbocycles. The van der Waals surface area contributed by atoms with E-state index in [0.29, 0.717) is 29.1 Å². The molecule has 3 aromatic rings. The maximum Gasteiger partial charge on any atom is 0.338 e. The van der Waals surface area contributed by atoms with E-state index in [1.54, 1.807) is 43.0 Å². The molecule has 0 radical (unpaired) electrons. The van der Waals surface area contributed by atoms with Crippen molar-refractivity contribution in [1.29, 1.82) is 0 Å². The first-order valence-electron chi connectivity index (χ1n) is 11.3. The van der Waals surface area contributed by atoms with E-state index in [1.807, 2.05) is 35.2 Å². The van der Waals surface area contributed by atoms with Gasteiger partial charge in [-0.15, -0.1) is 11.8 Å². The summed E-state index contributed by atoms with van der Waals surface area (Å²) in [4.78, 5) is 39.0. The zero-order valence-electron chi connectivity index (χ0n) is 19.2. The van der Waals surface area contributed by atoms with E-state index in [9.17, 15) is 14.4 Å². The zero-order chi connectivity index (χ0) is 24.8. The standard InChI is InChI=1S/C27H25ClN2O4S/c1-2-34-27(33)21-12-13-23(22(28)16-21)29-25(32)19-8-10-20(11-9-19)26-30(24(31)17-35-26)15-14-18-6-4-3-5-7-18/h3-13,16,26H,2,14-15,17H2,1H3,(H,29,32)/t26-/m0/s1. The van der Waals surface area contributed by atoms with Crippen LogP contribution in [0.3, 0.4) is 0 Å². The smallest absolute Gasteiger partial charge is 0.338 e. The Morgan fingerprint density at radius 3 is 2.46 bits per heavy atom. The molecule has 6 nitrogen and oxygen atoms in total. The van der Waals surface area contributed by atoms with Crippen molar-refractivity contribution in [3.63, 3.8) is 0 Å². The number of esters is 1. The van der Waals surface area contributed by atoms with E-state index in [0.717, 1.165) is 12.0 Å². The number of anilines is 1. The summed E-state index contributed by atoms with van der Waals surface area (Å²) >= 11 is 7.85. The van der Waals surface area contributed by atoms with Gasteiger partial charge in [0.15, 0.2) is 0 Å². The van der Waals surface area contributed by atoms with Crippen molar-refractivity contribution in [2.45, 2.75) is 18.7 Å². The summed E-state index contributed by atoms with van der Waals surface area (Å²) in [6.45, 7) is 2.64. The minimum atomic E-state index is -0.469. The molecule has 180 valence electrons. The number of ether oxygens (including phenoxy) is 1. The molecule has 0 aromatic heterocycles. The lowest BCUT2D eigenvalue weighted by molar-refractivity contribution is -0.128. The molecule has 1 atom stereocenters. The Hall–Kier alpha value is -3.29. The van der Waals surface area contributed by atoms with Crippen molar-refractivity contribution in [2.24, 2.45) is 0 Å². The maximum atomic E-state index is 12.8. The second kappa shape index (κ2) is 11.4. The Balaban J connectivity index is 1.41. The van der Waals surface area contributed by atoms with Gasteiger partial charge in [0.2, 0.25) is 5.91 Å². The summed E-state index contributed by atoms with van der Waals surface area (Å²) in [5, 5.41) is 2.95. The lowest BCUT2D eigenvalue weighted by Gasteiger charge is -2.24. The number of carbonyl (C=O) groups excluding carboxylic acids is 3. The van der Waals surface area contributed by atoms with Crippen LogP contribution in [0.25, 0.3) is 0 Å². The number of thioether (sulfide) groups is 1. The summed E-state index contributed by atoms with van der Waals surface area (Å²) in [5.41, 5.74) is 3.35. The number of nitrogens with one attached hydrogen (secondary N) is 1. The van der Waals surface area contributed by atoms with Gasteiger partial charge >= 0.3 is 5.97 Å². The van der Waals surface area contributed by atoms with Gasteiger partial charge in [-0.3, -0.25) is 9.59 Å². The molecule has 8 heteroatoms. The molecule has 0 spiro atoms. The summed E-state index contributed by atoms with van der Waals surface area (Å²) in [7, 11) is 0. The van der Waals surface area contributed by atoms with Crippen molar-refractivity contribution in [3.05, 3.63) is 100 Å². The van der Waals surface area contributed by atoms with Gasteiger partial charge in [0, 0.05) is 12.1 Å².